The molecule has 92 valence electrons. The Balaban J connectivity index is 2.14. The Hall–Kier alpha value is -0.870. The SMILES string of the molecule is C=C(c1ccc(Br)cc1F)N1CCN(C)CC1. The number of halogens is 2. The predicted octanol–water partition coefficient (Wildman–Crippen LogP) is 2.81. The van der Waals surface area contributed by atoms with Crippen molar-refractivity contribution in [2.45, 2.75) is 0 Å². The Labute approximate surface area is 110 Å². The fourth-order valence-corrected chi connectivity index (χ4v) is 2.30. The van der Waals surface area contributed by atoms with Gasteiger partial charge in [-0.15, -0.1) is 0 Å². The molecule has 2 nitrogen and oxygen atoms in total. The van der Waals surface area contributed by atoms with Crippen LogP contribution in [0.1, 0.15) is 5.56 Å². The van der Waals surface area contributed by atoms with Gasteiger partial charge >= 0.3 is 0 Å². The van der Waals surface area contributed by atoms with Gasteiger partial charge in [0.05, 0.1) is 0 Å². The summed E-state index contributed by atoms with van der Waals surface area (Å²) in [6.07, 6.45) is 0. The van der Waals surface area contributed by atoms with E-state index in [0.717, 1.165) is 36.3 Å². The van der Waals surface area contributed by atoms with Gasteiger partial charge in [0.15, 0.2) is 0 Å². The van der Waals surface area contributed by atoms with Gasteiger partial charge in [-0.1, -0.05) is 22.5 Å². The molecule has 17 heavy (non-hydrogen) atoms. The van der Waals surface area contributed by atoms with Crippen molar-refractivity contribution in [2.24, 2.45) is 0 Å². The molecule has 0 aromatic heterocycles. The van der Waals surface area contributed by atoms with Gasteiger partial charge in [-0.05, 0) is 25.2 Å². The number of hydrogen-bond acceptors (Lipinski definition) is 2. The Kier molecular flexibility index (Phi) is 3.84. The summed E-state index contributed by atoms with van der Waals surface area (Å²) in [5, 5.41) is 0. The third-order valence-electron chi connectivity index (χ3n) is 3.13. The van der Waals surface area contributed by atoms with E-state index in [0.29, 0.717) is 5.56 Å². The molecule has 0 bridgehead atoms. The van der Waals surface area contributed by atoms with Crippen molar-refractivity contribution in [3.8, 4) is 0 Å². The van der Waals surface area contributed by atoms with Crippen LogP contribution in [0.15, 0.2) is 29.3 Å². The first kappa shape index (κ1) is 12.6. The van der Waals surface area contributed by atoms with Crippen LogP contribution in [-0.4, -0.2) is 43.0 Å². The molecule has 0 amide bonds. The lowest BCUT2D eigenvalue weighted by molar-refractivity contribution is 0.207. The minimum absolute atomic E-state index is 0.219. The third kappa shape index (κ3) is 2.87. The Morgan fingerprint density at radius 2 is 1.94 bits per heavy atom. The molecule has 1 fully saturated rings. The number of nitrogens with zero attached hydrogens (tertiary/aromatic N) is 2. The zero-order chi connectivity index (χ0) is 12.4. The molecular weight excluding hydrogens is 283 g/mol. The third-order valence-corrected chi connectivity index (χ3v) is 3.62. The topological polar surface area (TPSA) is 6.48 Å². The molecule has 0 saturated carbocycles. The van der Waals surface area contributed by atoms with Crippen LogP contribution in [0.4, 0.5) is 4.39 Å². The highest BCUT2D eigenvalue weighted by molar-refractivity contribution is 9.10. The van der Waals surface area contributed by atoms with Crippen LogP contribution in [0.3, 0.4) is 0 Å². The highest BCUT2D eigenvalue weighted by atomic mass is 79.9. The van der Waals surface area contributed by atoms with E-state index in [1.165, 1.54) is 6.07 Å². The molecule has 1 aromatic rings. The van der Waals surface area contributed by atoms with Crippen LogP contribution in [0.5, 0.6) is 0 Å². The monoisotopic (exact) mass is 298 g/mol. The predicted molar refractivity (Wildman–Crippen MR) is 72.2 cm³/mol. The largest absolute Gasteiger partial charge is 0.369 e. The van der Waals surface area contributed by atoms with Crippen LogP contribution >= 0.6 is 15.9 Å². The summed E-state index contributed by atoms with van der Waals surface area (Å²) in [6, 6.07) is 5.11. The molecular formula is C13H16BrFN2. The summed E-state index contributed by atoms with van der Waals surface area (Å²) < 4.78 is 14.6. The van der Waals surface area contributed by atoms with Crippen molar-refractivity contribution in [3.63, 3.8) is 0 Å². The average Bonchev–Trinajstić information content (AvgIpc) is 2.29. The number of hydrogen-bond donors (Lipinski definition) is 0. The van der Waals surface area contributed by atoms with Gasteiger partial charge in [0, 0.05) is 41.9 Å². The molecule has 1 heterocycles. The van der Waals surface area contributed by atoms with E-state index in [1.807, 2.05) is 6.07 Å². The molecule has 0 spiro atoms. The summed E-state index contributed by atoms with van der Waals surface area (Å²) in [7, 11) is 2.10. The van der Waals surface area contributed by atoms with E-state index in [-0.39, 0.29) is 5.82 Å². The fourth-order valence-electron chi connectivity index (χ4n) is 1.97. The number of benzene rings is 1. The van der Waals surface area contributed by atoms with E-state index in [4.69, 9.17) is 0 Å². The first-order chi connectivity index (χ1) is 8.08. The molecule has 0 atom stereocenters. The van der Waals surface area contributed by atoms with E-state index >= 15 is 0 Å². The van der Waals surface area contributed by atoms with E-state index in [1.54, 1.807) is 6.07 Å². The van der Waals surface area contributed by atoms with Crippen molar-refractivity contribution < 1.29 is 4.39 Å². The number of rotatable bonds is 2. The zero-order valence-electron chi connectivity index (χ0n) is 9.92. The van der Waals surface area contributed by atoms with Gasteiger partial charge in [-0.2, -0.15) is 0 Å². The smallest absolute Gasteiger partial charge is 0.133 e. The molecule has 1 saturated heterocycles. The maximum absolute atomic E-state index is 13.8. The summed E-state index contributed by atoms with van der Waals surface area (Å²) >= 11 is 3.26. The lowest BCUT2D eigenvalue weighted by atomic mass is 10.1. The second-order valence-electron chi connectivity index (χ2n) is 4.36. The first-order valence-corrected chi connectivity index (χ1v) is 6.45. The fraction of sp³-hybridized carbons (Fsp3) is 0.385. The van der Waals surface area contributed by atoms with Crippen LogP contribution in [0.25, 0.3) is 5.70 Å². The Morgan fingerprint density at radius 3 is 2.53 bits per heavy atom. The molecule has 0 unspecified atom stereocenters. The Bertz CT molecular complexity index is 425. The van der Waals surface area contributed by atoms with Crippen molar-refractivity contribution in [3.05, 3.63) is 40.6 Å². The lowest BCUT2D eigenvalue weighted by Gasteiger charge is -2.35. The number of piperazine rings is 1. The van der Waals surface area contributed by atoms with Crippen molar-refractivity contribution in [1.29, 1.82) is 0 Å². The van der Waals surface area contributed by atoms with Crippen molar-refractivity contribution >= 4 is 21.6 Å². The molecule has 1 aliphatic heterocycles. The molecule has 0 N–H and O–H groups in total. The van der Waals surface area contributed by atoms with Gasteiger partial charge in [0.25, 0.3) is 0 Å². The number of likely N-dealkylation sites (N-methyl/N-ethyl adjacent to an activating group) is 1. The van der Waals surface area contributed by atoms with Gasteiger partial charge < -0.3 is 9.80 Å². The summed E-state index contributed by atoms with van der Waals surface area (Å²) in [5.74, 6) is -0.219. The summed E-state index contributed by atoms with van der Waals surface area (Å²) in [6.45, 7) is 7.83. The van der Waals surface area contributed by atoms with Crippen LogP contribution in [-0.2, 0) is 0 Å². The van der Waals surface area contributed by atoms with Gasteiger partial charge in [-0.3, -0.25) is 0 Å². The molecule has 1 aliphatic rings. The van der Waals surface area contributed by atoms with Gasteiger partial charge in [-0.25, -0.2) is 4.39 Å². The molecule has 2 rings (SSSR count). The second kappa shape index (κ2) is 5.19. The van der Waals surface area contributed by atoms with Crippen molar-refractivity contribution in [2.75, 3.05) is 33.2 Å². The molecule has 4 heteroatoms. The maximum atomic E-state index is 13.8. The standard InChI is InChI=1S/C13H16BrFN2/c1-10(17-7-5-16(2)6-8-17)12-4-3-11(14)9-13(12)15/h3-4,9H,1,5-8H2,2H3. The van der Waals surface area contributed by atoms with E-state index in [9.17, 15) is 4.39 Å². The van der Waals surface area contributed by atoms with Gasteiger partial charge in [0.1, 0.15) is 5.82 Å². The van der Waals surface area contributed by atoms with Crippen LogP contribution < -0.4 is 0 Å². The molecule has 0 radical (unpaired) electrons. The van der Waals surface area contributed by atoms with Gasteiger partial charge in [0.2, 0.25) is 0 Å². The summed E-state index contributed by atoms with van der Waals surface area (Å²) in [5.41, 5.74) is 1.38. The highest BCUT2D eigenvalue weighted by Gasteiger charge is 2.18. The normalized spacial score (nSPS) is 17.2. The maximum Gasteiger partial charge on any atom is 0.133 e. The van der Waals surface area contributed by atoms with Crippen LogP contribution in [0, 0.1) is 5.82 Å². The second-order valence-corrected chi connectivity index (χ2v) is 5.28. The zero-order valence-corrected chi connectivity index (χ0v) is 11.5. The first-order valence-electron chi connectivity index (χ1n) is 5.66. The van der Waals surface area contributed by atoms with Crippen LogP contribution in [0.2, 0.25) is 0 Å². The minimum atomic E-state index is -0.219. The van der Waals surface area contributed by atoms with E-state index in [2.05, 4.69) is 39.4 Å². The Morgan fingerprint density at radius 1 is 1.29 bits per heavy atom. The highest BCUT2D eigenvalue weighted by Crippen LogP contribution is 2.24. The lowest BCUT2D eigenvalue weighted by Crippen LogP contribution is -2.43. The summed E-state index contributed by atoms with van der Waals surface area (Å²) in [4.78, 5) is 4.41. The van der Waals surface area contributed by atoms with E-state index < -0.39 is 0 Å². The quantitative estimate of drug-likeness (QED) is 0.828. The molecule has 0 aliphatic carbocycles. The van der Waals surface area contributed by atoms with Crippen molar-refractivity contribution in [1.82, 2.24) is 9.80 Å². The minimum Gasteiger partial charge on any atom is -0.369 e. The molecule has 1 aromatic carbocycles. The average molecular weight is 299 g/mol.